The third kappa shape index (κ3) is 3.77. The van der Waals surface area contributed by atoms with E-state index in [1.165, 1.54) is 12.4 Å². The number of aromatic nitrogens is 1. The smallest absolute Gasteiger partial charge is 0.266 e. The fourth-order valence-corrected chi connectivity index (χ4v) is 1.62. The number of nitrogens with one attached hydrogen (secondary N) is 1. The number of hydrogen-bond donors (Lipinski definition) is 1. The van der Waals surface area contributed by atoms with Crippen molar-refractivity contribution < 1.29 is 4.79 Å². The Morgan fingerprint density at radius 2 is 2.05 bits per heavy atom. The van der Waals surface area contributed by atoms with Gasteiger partial charge in [-0.25, -0.2) is 5.43 Å². The average Bonchev–Trinajstić information content (AvgIpc) is 2.43. The molecule has 6 heteroatoms. The fourth-order valence-electron chi connectivity index (χ4n) is 1.31. The molecule has 19 heavy (non-hydrogen) atoms. The molecule has 1 amide bonds. The number of carbonyl (C=O) groups excluding carboxylic acids is 1. The third-order valence-corrected chi connectivity index (χ3v) is 2.96. The zero-order valence-electron chi connectivity index (χ0n) is 9.68. The van der Waals surface area contributed by atoms with Crippen LogP contribution in [0.25, 0.3) is 0 Å². The van der Waals surface area contributed by atoms with Gasteiger partial charge in [0.25, 0.3) is 5.91 Å². The lowest BCUT2D eigenvalue weighted by molar-refractivity contribution is 0.0950. The standard InChI is InChI=1S/C13H9Cl2N3O/c14-10-5-4-9(7-11(10)15)8-17-18-13(19)12-3-1-2-6-16-12/h1-8H,(H,18,19)/b17-8-. The van der Waals surface area contributed by atoms with Gasteiger partial charge in [0.1, 0.15) is 5.69 Å². The molecule has 0 aliphatic carbocycles. The molecule has 1 N–H and O–H groups in total. The minimum atomic E-state index is -0.378. The highest BCUT2D eigenvalue weighted by molar-refractivity contribution is 6.42. The molecule has 1 aromatic heterocycles. The van der Waals surface area contributed by atoms with Gasteiger partial charge in [0.2, 0.25) is 0 Å². The van der Waals surface area contributed by atoms with Crippen molar-refractivity contribution in [3.05, 3.63) is 63.9 Å². The SMILES string of the molecule is O=C(N/N=C\c1ccc(Cl)c(Cl)c1)c1ccccn1. The number of carbonyl (C=O) groups is 1. The summed E-state index contributed by atoms with van der Waals surface area (Å²) in [6.45, 7) is 0. The second-order valence-electron chi connectivity index (χ2n) is 3.59. The Kier molecular flexibility index (Phi) is 4.49. The van der Waals surface area contributed by atoms with Gasteiger partial charge in [-0.3, -0.25) is 9.78 Å². The summed E-state index contributed by atoms with van der Waals surface area (Å²) < 4.78 is 0. The highest BCUT2D eigenvalue weighted by atomic mass is 35.5. The lowest BCUT2D eigenvalue weighted by Gasteiger charge is -1.99. The van der Waals surface area contributed by atoms with Gasteiger partial charge in [-0.05, 0) is 29.8 Å². The first kappa shape index (κ1) is 13.5. The first-order chi connectivity index (χ1) is 9.16. The van der Waals surface area contributed by atoms with E-state index in [0.29, 0.717) is 15.7 Å². The average molecular weight is 294 g/mol. The van der Waals surface area contributed by atoms with E-state index >= 15 is 0 Å². The Balaban J connectivity index is 2.00. The van der Waals surface area contributed by atoms with Crippen molar-refractivity contribution in [2.24, 2.45) is 5.10 Å². The predicted molar refractivity (Wildman–Crippen MR) is 75.8 cm³/mol. The quantitative estimate of drug-likeness (QED) is 0.698. The first-order valence-electron chi connectivity index (χ1n) is 5.36. The maximum atomic E-state index is 11.6. The molecule has 0 aliphatic heterocycles. The number of pyridine rings is 1. The first-order valence-corrected chi connectivity index (χ1v) is 6.12. The summed E-state index contributed by atoms with van der Waals surface area (Å²) in [5, 5.41) is 4.72. The summed E-state index contributed by atoms with van der Waals surface area (Å²) >= 11 is 11.7. The van der Waals surface area contributed by atoms with E-state index in [1.54, 1.807) is 36.4 Å². The Hall–Kier alpha value is -1.91. The topological polar surface area (TPSA) is 54.4 Å². The molecule has 0 aliphatic rings. The zero-order valence-corrected chi connectivity index (χ0v) is 11.2. The lowest BCUT2D eigenvalue weighted by Crippen LogP contribution is -2.18. The molecule has 0 bridgehead atoms. The third-order valence-electron chi connectivity index (χ3n) is 2.22. The van der Waals surface area contributed by atoms with Crippen molar-refractivity contribution in [3.8, 4) is 0 Å². The van der Waals surface area contributed by atoms with Crippen LogP contribution in [0.4, 0.5) is 0 Å². The van der Waals surface area contributed by atoms with Gasteiger partial charge < -0.3 is 0 Å². The Morgan fingerprint density at radius 1 is 1.21 bits per heavy atom. The fraction of sp³-hybridized carbons (Fsp3) is 0. The van der Waals surface area contributed by atoms with Crippen molar-refractivity contribution >= 4 is 35.3 Å². The molecule has 0 unspecified atom stereocenters. The van der Waals surface area contributed by atoms with Crippen molar-refractivity contribution in [1.82, 2.24) is 10.4 Å². The second kappa shape index (κ2) is 6.31. The molecule has 96 valence electrons. The number of rotatable bonds is 3. The maximum absolute atomic E-state index is 11.6. The maximum Gasteiger partial charge on any atom is 0.289 e. The Bertz CT molecular complexity index is 615. The van der Waals surface area contributed by atoms with Crippen LogP contribution in [-0.2, 0) is 0 Å². The summed E-state index contributed by atoms with van der Waals surface area (Å²) in [5.41, 5.74) is 3.41. The molecule has 0 saturated carbocycles. The summed E-state index contributed by atoms with van der Waals surface area (Å²) in [6, 6.07) is 10.1. The van der Waals surface area contributed by atoms with Gasteiger partial charge in [0.05, 0.1) is 16.3 Å². The molecule has 0 radical (unpaired) electrons. The van der Waals surface area contributed by atoms with E-state index in [4.69, 9.17) is 23.2 Å². The van der Waals surface area contributed by atoms with Crippen LogP contribution in [0, 0.1) is 0 Å². The van der Waals surface area contributed by atoms with Crippen LogP contribution in [0.1, 0.15) is 16.1 Å². The van der Waals surface area contributed by atoms with Gasteiger partial charge in [-0.2, -0.15) is 5.10 Å². The monoisotopic (exact) mass is 293 g/mol. The van der Waals surface area contributed by atoms with E-state index < -0.39 is 0 Å². The zero-order chi connectivity index (χ0) is 13.7. The Morgan fingerprint density at radius 3 is 2.74 bits per heavy atom. The van der Waals surface area contributed by atoms with Crippen molar-refractivity contribution in [1.29, 1.82) is 0 Å². The largest absolute Gasteiger partial charge is 0.289 e. The summed E-state index contributed by atoms with van der Waals surface area (Å²) in [7, 11) is 0. The second-order valence-corrected chi connectivity index (χ2v) is 4.40. The van der Waals surface area contributed by atoms with E-state index in [-0.39, 0.29) is 5.91 Å². The van der Waals surface area contributed by atoms with E-state index in [9.17, 15) is 4.79 Å². The van der Waals surface area contributed by atoms with Gasteiger partial charge >= 0.3 is 0 Å². The Labute approximate surface area is 120 Å². The molecule has 2 aromatic rings. The minimum absolute atomic E-state index is 0.300. The van der Waals surface area contributed by atoms with Gasteiger partial charge in [0, 0.05) is 6.20 Å². The van der Waals surface area contributed by atoms with Crippen LogP contribution in [0.3, 0.4) is 0 Å². The summed E-state index contributed by atoms with van der Waals surface area (Å²) in [4.78, 5) is 15.5. The minimum Gasteiger partial charge on any atom is -0.266 e. The van der Waals surface area contributed by atoms with Crippen molar-refractivity contribution in [3.63, 3.8) is 0 Å². The lowest BCUT2D eigenvalue weighted by atomic mass is 10.2. The number of benzene rings is 1. The highest BCUT2D eigenvalue weighted by Gasteiger charge is 2.03. The number of halogens is 2. The molecule has 0 saturated heterocycles. The molecular weight excluding hydrogens is 285 g/mol. The summed E-state index contributed by atoms with van der Waals surface area (Å²) in [6.07, 6.45) is 3.01. The molecular formula is C13H9Cl2N3O. The number of hydrogen-bond acceptors (Lipinski definition) is 3. The van der Waals surface area contributed by atoms with Crippen LogP contribution in [0.5, 0.6) is 0 Å². The van der Waals surface area contributed by atoms with Gasteiger partial charge in [0.15, 0.2) is 0 Å². The van der Waals surface area contributed by atoms with Crippen LogP contribution in [0.2, 0.25) is 10.0 Å². The van der Waals surface area contributed by atoms with E-state index in [2.05, 4.69) is 15.5 Å². The van der Waals surface area contributed by atoms with Crippen LogP contribution in [-0.4, -0.2) is 17.1 Å². The van der Waals surface area contributed by atoms with Gasteiger partial charge in [-0.15, -0.1) is 0 Å². The normalized spacial score (nSPS) is 10.6. The molecule has 1 heterocycles. The number of hydrazone groups is 1. The number of amides is 1. The van der Waals surface area contributed by atoms with E-state index in [0.717, 1.165) is 5.56 Å². The highest BCUT2D eigenvalue weighted by Crippen LogP contribution is 2.21. The van der Waals surface area contributed by atoms with Crippen molar-refractivity contribution in [2.45, 2.75) is 0 Å². The number of nitrogens with zero attached hydrogens (tertiary/aromatic N) is 2. The van der Waals surface area contributed by atoms with E-state index in [1.807, 2.05) is 0 Å². The van der Waals surface area contributed by atoms with Crippen molar-refractivity contribution in [2.75, 3.05) is 0 Å². The molecule has 4 nitrogen and oxygen atoms in total. The van der Waals surface area contributed by atoms with Crippen LogP contribution < -0.4 is 5.43 Å². The molecule has 0 fully saturated rings. The van der Waals surface area contributed by atoms with Gasteiger partial charge in [-0.1, -0.05) is 35.3 Å². The predicted octanol–water partition coefficient (Wildman–Crippen LogP) is 3.15. The molecule has 2 rings (SSSR count). The molecule has 0 spiro atoms. The molecule has 1 aromatic carbocycles. The van der Waals surface area contributed by atoms with Crippen LogP contribution >= 0.6 is 23.2 Å². The summed E-state index contributed by atoms with van der Waals surface area (Å²) in [5.74, 6) is -0.378. The molecule has 0 atom stereocenters. The van der Waals surface area contributed by atoms with Crippen LogP contribution in [0.15, 0.2) is 47.7 Å².